The molecular formula is C23H21FN4O2. The molecule has 1 saturated heterocycles. The van der Waals surface area contributed by atoms with Gasteiger partial charge in [-0.1, -0.05) is 0 Å². The molecule has 4 aromatic rings. The van der Waals surface area contributed by atoms with E-state index in [0.717, 1.165) is 59.6 Å². The Kier molecular flexibility index (Phi) is 4.38. The van der Waals surface area contributed by atoms with Crippen LogP contribution < -0.4 is 15.4 Å². The summed E-state index contributed by atoms with van der Waals surface area (Å²) in [7, 11) is 0. The van der Waals surface area contributed by atoms with Crippen LogP contribution in [-0.2, 0) is 0 Å². The Hall–Kier alpha value is -3.48. The molecule has 30 heavy (non-hydrogen) atoms. The van der Waals surface area contributed by atoms with E-state index in [9.17, 15) is 9.18 Å². The Balaban J connectivity index is 1.51. The van der Waals surface area contributed by atoms with E-state index < -0.39 is 0 Å². The van der Waals surface area contributed by atoms with Crippen molar-refractivity contribution in [3.05, 3.63) is 69.8 Å². The van der Waals surface area contributed by atoms with Gasteiger partial charge < -0.3 is 14.2 Å². The van der Waals surface area contributed by atoms with Gasteiger partial charge in [-0.15, -0.1) is 10.2 Å². The third-order valence-electron chi connectivity index (χ3n) is 5.83. The number of piperazine rings is 1. The number of aryl methyl sites for hydroxylation is 2. The smallest absolute Gasteiger partial charge is 0.336 e. The molecule has 3 heterocycles. The number of nitrogens with zero attached hydrogens (tertiary/aromatic N) is 4. The molecule has 0 amide bonds. The zero-order valence-electron chi connectivity index (χ0n) is 16.9. The fourth-order valence-electron chi connectivity index (χ4n) is 4.24. The standard InChI is InChI=1S/C23H21FN4O2/c1-14-13-20(29)30-22-18(14)7-8-19-21(22)15(2)23(26-25-19)28-11-9-27(10-12-28)17-5-3-16(24)4-6-17/h3-8,13H,9-12H2,1-2H3. The number of hydrogen-bond donors (Lipinski definition) is 0. The lowest BCUT2D eigenvalue weighted by Gasteiger charge is -2.37. The lowest BCUT2D eigenvalue weighted by molar-refractivity contribution is 0.562. The predicted molar refractivity (Wildman–Crippen MR) is 116 cm³/mol. The van der Waals surface area contributed by atoms with E-state index in [4.69, 9.17) is 4.42 Å². The van der Waals surface area contributed by atoms with Gasteiger partial charge in [-0.3, -0.25) is 0 Å². The number of rotatable bonds is 2. The van der Waals surface area contributed by atoms with Crippen molar-refractivity contribution in [1.82, 2.24) is 10.2 Å². The third-order valence-corrected chi connectivity index (χ3v) is 5.83. The quantitative estimate of drug-likeness (QED) is 0.374. The van der Waals surface area contributed by atoms with Gasteiger partial charge in [-0.2, -0.15) is 0 Å². The fraction of sp³-hybridized carbons (Fsp3) is 0.261. The van der Waals surface area contributed by atoms with E-state index in [-0.39, 0.29) is 11.4 Å². The molecule has 152 valence electrons. The number of fused-ring (bicyclic) bond motifs is 3. The van der Waals surface area contributed by atoms with Crippen molar-refractivity contribution in [3.8, 4) is 0 Å². The first-order chi connectivity index (χ1) is 14.5. The molecule has 0 aliphatic carbocycles. The Labute approximate surface area is 172 Å². The van der Waals surface area contributed by atoms with Gasteiger partial charge in [-0.25, -0.2) is 9.18 Å². The van der Waals surface area contributed by atoms with Crippen LogP contribution in [0.15, 0.2) is 51.7 Å². The maximum Gasteiger partial charge on any atom is 0.336 e. The van der Waals surface area contributed by atoms with Crippen LogP contribution >= 0.6 is 0 Å². The van der Waals surface area contributed by atoms with Crippen LogP contribution in [0.1, 0.15) is 11.1 Å². The molecular weight excluding hydrogens is 383 g/mol. The van der Waals surface area contributed by atoms with Gasteiger partial charge in [0, 0.05) is 48.9 Å². The van der Waals surface area contributed by atoms with Crippen LogP contribution in [0.4, 0.5) is 15.9 Å². The molecule has 7 heteroatoms. The van der Waals surface area contributed by atoms with Crippen LogP contribution in [0.5, 0.6) is 0 Å². The SMILES string of the molecule is Cc1cc(=O)oc2c1ccc1nnc(N3CCN(c4ccc(F)cc4)CC3)c(C)c12. The normalized spacial score (nSPS) is 14.6. The minimum atomic E-state index is -0.363. The van der Waals surface area contributed by atoms with Gasteiger partial charge in [-0.05, 0) is 55.8 Å². The van der Waals surface area contributed by atoms with Crippen molar-refractivity contribution in [3.63, 3.8) is 0 Å². The van der Waals surface area contributed by atoms with E-state index >= 15 is 0 Å². The first-order valence-corrected chi connectivity index (χ1v) is 9.97. The zero-order valence-corrected chi connectivity index (χ0v) is 16.9. The summed E-state index contributed by atoms with van der Waals surface area (Å²) in [6.45, 7) is 7.05. The molecule has 0 radical (unpaired) electrons. The van der Waals surface area contributed by atoms with Crippen molar-refractivity contribution in [2.24, 2.45) is 0 Å². The summed E-state index contributed by atoms with van der Waals surface area (Å²) in [4.78, 5) is 16.4. The molecule has 2 aromatic carbocycles. The van der Waals surface area contributed by atoms with Gasteiger partial charge in [0.25, 0.3) is 0 Å². The van der Waals surface area contributed by atoms with Crippen molar-refractivity contribution < 1.29 is 8.81 Å². The van der Waals surface area contributed by atoms with Crippen molar-refractivity contribution >= 4 is 33.4 Å². The number of anilines is 2. The molecule has 1 fully saturated rings. The van der Waals surface area contributed by atoms with E-state index in [1.807, 2.05) is 38.1 Å². The Bertz CT molecular complexity index is 1310. The highest BCUT2D eigenvalue weighted by atomic mass is 19.1. The second-order valence-corrected chi connectivity index (χ2v) is 7.68. The monoisotopic (exact) mass is 404 g/mol. The van der Waals surface area contributed by atoms with Crippen LogP contribution in [0.3, 0.4) is 0 Å². The summed E-state index contributed by atoms with van der Waals surface area (Å²) in [6, 6.07) is 11.9. The minimum Gasteiger partial charge on any atom is -0.422 e. The van der Waals surface area contributed by atoms with Gasteiger partial charge in [0.1, 0.15) is 11.4 Å². The summed E-state index contributed by atoms with van der Waals surface area (Å²) in [6.07, 6.45) is 0. The molecule has 2 aromatic heterocycles. The van der Waals surface area contributed by atoms with Gasteiger partial charge in [0.2, 0.25) is 0 Å². The van der Waals surface area contributed by atoms with Crippen LogP contribution in [-0.4, -0.2) is 36.4 Å². The van der Waals surface area contributed by atoms with Crippen molar-refractivity contribution in [1.29, 1.82) is 0 Å². The summed E-state index contributed by atoms with van der Waals surface area (Å²) < 4.78 is 18.8. The lowest BCUT2D eigenvalue weighted by atomic mass is 10.0. The lowest BCUT2D eigenvalue weighted by Crippen LogP contribution is -2.47. The van der Waals surface area contributed by atoms with E-state index in [2.05, 4.69) is 20.0 Å². The average molecular weight is 404 g/mol. The number of aromatic nitrogens is 2. The molecule has 0 atom stereocenters. The third kappa shape index (κ3) is 3.07. The fourth-order valence-corrected chi connectivity index (χ4v) is 4.24. The molecule has 1 aliphatic rings. The van der Waals surface area contributed by atoms with Crippen LogP contribution in [0.2, 0.25) is 0 Å². The second kappa shape index (κ2) is 7.09. The second-order valence-electron chi connectivity index (χ2n) is 7.68. The molecule has 0 saturated carbocycles. The van der Waals surface area contributed by atoms with Gasteiger partial charge in [0.15, 0.2) is 5.82 Å². The summed E-state index contributed by atoms with van der Waals surface area (Å²) in [5.41, 5.74) is 3.76. The molecule has 1 aliphatic heterocycles. The topological polar surface area (TPSA) is 62.5 Å². The van der Waals surface area contributed by atoms with Crippen LogP contribution in [0, 0.1) is 19.7 Å². The highest BCUT2D eigenvalue weighted by molar-refractivity contribution is 6.06. The average Bonchev–Trinajstić information content (AvgIpc) is 2.74. The molecule has 0 N–H and O–H groups in total. The van der Waals surface area contributed by atoms with Crippen molar-refractivity contribution in [2.75, 3.05) is 36.0 Å². The van der Waals surface area contributed by atoms with E-state index in [0.29, 0.717) is 11.1 Å². The Morgan fingerprint density at radius 2 is 1.63 bits per heavy atom. The Morgan fingerprint density at radius 3 is 2.37 bits per heavy atom. The van der Waals surface area contributed by atoms with Crippen molar-refractivity contribution in [2.45, 2.75) is 13.8 Å². The number of halogens is 1. The summed E-state index contributed by atoms with van der Waals surface area (Å²) in [5.74, 6) is 0.575. The van der Waals surface area contributed by atoms with E-state index in [1.54, 1.807) is 0 Å². The first kappa shape index (κ1) is 18.5. The molecule has 0 unspecified atom stereocenters. The number of hydrogen-bond acceptors (Lipinski definition) is 6. The summed E-state index contributed by atoms with van der Waals surface area (Å²) >= 11 is 0. The highest BCUT2D eigenvalue weighted by Crippen LogP contribution is 2.32. The maximum atomic E-state index is 13.2. The van der Waals surface area contributed by atoms with E-state index in [1.165, 1.54) is 18.2 Å². The predicted octanol–water partition coefficient (Wildman–Crippen LogP) is 3.82. The first-order valence-electron chi connectivity index (χ1n) is 9.97. The highest BCUT2D eigenvalue weighted by Gasteiger charge is 2.22. The number of benzene rings is 2. The summed E-state index contributed by atoms with van der Waals surface area (Å²) in [5, 5.41) is 10.6. The molecule has 5 rings (SSSR count). The molecule has 6 nitrogen and oxygen atoms in total. The molecule has 0 bridgehead atoms. The van der Waals surface area contributed by atoms with Gasteiger partial charge >= 0.3 is 5.63 Å². The Morgan fingerprint density at radius 1 is 0.933 bits per heavy atom. The largest absolute Gasteiger partial charge is 0.422 e. The molecule has 0 spiro atoms. The van der Waals surface area contributed by atoms with Crippen LogP contribution in [0.25, 0.3) is 21.9 Å². The van der Waals surface area contributed by atoms with Gasteiger partial charge in [0.05, 0.1) is 10.9 Å². The zero-order chi connectivity index (χ0) is 20.8. The maximum absolute atomic E-state index is 13.2. The minimum absolute atomic E-state index is 0.228.